The maximum atomic E-state index is 12.9. The van der Waals surface area contributed by atoms with Gasteiger partial charge >= 0.3 is 0 Å². The van der Waals surface area contributed by atoms with Gasteiger partial charge in [0.15, 0.2) is 0 Å². The Labute approximate surface area is 177 Å². The second-order valence-electron chi connectivity index (χ2n) is 7.54. The van der Waals surface area contributed by atoms with Gasteiger partial charge in [-0.1, -0.05) is 29.3 Å². The second-order valence-corrected chi connectivity index (χ2v) is 10.2. The molecule has 0 spiro atoms. The quantitative estimate of drug-likeness (QED) is 0.672. The molecule has 28 heavy (non-hydrogen) atoms. The topological polar surface area (TPSA) is 60.9 Å². The summed E-state index contributed by atoms with van der Waals surface area (Å²) >= 11 is 12.2. The number of likely N-dealkylation sites (tertiary alicyclic amines) is 1. The van der Waals surface area contributed by atoms with Gasteiger partial charge in [-0.05, 0) is 50.9 Å². The van der Waals surface area contributed by atoms with Crippen LogP contribution in [0.25, 0.3) is 0 Å². The Bertz CT molecular complexity index is 784. The van der Waals surface area contributed by atoms with Crippen molar-refractivity contribution < 1.29 is 13.2 Å². The van der Waals surface area contributed by atoms with Crippen molar-refractivity contribution in [3.8, 4) is 0 Å². The zero-order valence-electron chi connectivity index (χ0n) is 16.1. The number of sulfonamides is 1. The van der Waals surface area contributed by atoms with Gasteiger partial charge in [0.2, 0.25) is 15.9 Å². The second kappa shape index (κ2) is 9.30. The van der Waals surface area contributed by atoms with Crippen LogP contribution in [0.5, 0.6) is 0 Å². The van der Waals surface area contributed by atoms with Crippen molar-refractivity contribution in [2.45, 2.75) is 30.6 Å². The molecule has 0 bridgehead atoms. The number of carbonyl (C=O) groups excluding carboxylic acids is 1. The van der Waals surface area contributed by atoms with Gasteiger partial charge in [0, 0.05) is 39.1 Å². The first-order chi connectivity index (χ1) is 13.3. The number of carbonyl (C=O) groups is 1. The molecule has 0 unspecified atom stereocenters. The van der Waals surface area contributed by atoms with E-state index in [0.717, 1.165) is 19.6 Å². The van der Waals surface area contributed by atoms with E-state index in [0.29, 0.717) is 32.5 Å². The Morgan fingerprint density at radius 1 is 1.11 bits per heavy atom. The summed E-state index contributed by atoms with van der Waals surface area (Å²) in [5.41, 5.74) is 0. The minimum absolute atomic E-state index is 0.0501. The summed E-state index contributed by atoms with van der Waals surface area (Å²) in [6.45, 7) is 4.43. The van der Waals surface area contributed by atoms with Crippen molar-refractivity contribution in [2.24, 2.45) is 5.92 Å². The number of halogens is 2. The number of benzene rings is 1. The zero-order valence-corrected chi connectivity index (χ0v) is 18.4. The third kappa shape index (κ3) is 4.82. The number of amides is 1. The number of likely N-dealkylation sites (N-methyl/N-ethyl adjacent to an activating group) is 1. The van der Waals surface area contributed by atoms with E-state index in [2.05, 4.69) is 4.90 Å². The Hall–Kier alpha value is -0.860. The van der Waals surface area contributed by atoms with E-state index in [1.165, 1.54) is 29.3 Å². The maximum absolute atomic E-state index is 12.9. The highest BCUT2D eigenvalue weighted by Gasteiger charge is 2.35. The van der Waals surface area contributed by atoms with Crippen LogP contribution < -0.4 is 0 Å². The van der Waals surface area contributed by atoms with Crippen LogP contribution in [0.1, 0.15) is 25.7 Å². The standard InChI is InChI=1S/C19H27Cl2N3O3S/c1-22(13-14-23-9-2-3-10-23)19(25)15-7-11-24(12-8-15)28(26,27)18-16(20)5-4-6-17(18)21/h4-6,15H,2-3,7-14H2,1H3. The van der Waals surface area contributed by atoms with Crippen LogP contribution in [0.4, 0.5) is 0 Å². The summed E-state index contributed by atoms with van der Waals surface area (Å²) in [6.07, 6.45) is 3.49. The Balaban J connectivity index is 1.56. The van der Waals surface area contributed by atoms with Gasteiger partial charge in [-0.25, -0.2) is 8.42 Å². The number of rotatable bonds is 6. The summed E-state index contributed by atoms with van der Waals surface area (Å²) in [4.78, 5) is 16.9. The Kier molecular flexibility index (Phi) is 7.26. The summed E-state index contributed by atoms with van der Waals surface area (Å²) in [5.74, 6) is -0.0382. The van der Waals surface area contributed by atoms with Gasteiger partial charge in [-0.15, -0.1) is 0 Å². The molecular weight excluding hydrogens is 421 g/mol. The highest BCUT2D eigenvalue weighted by molar-refractivity contribution is 7.89. The molecule has 6 nitrogen and oxygen atoms in total. The van der Waals surface area contributed by atoms with E-state index in [1.54, 1.807) is 11.0 Å². The molecule has 0 aliphatic carbocycles. The van der Waals surface area contributed by atoms with E-state index in [1.807, 2.05) is 7.05 Å². The third-order valence-corrected chi connectivity index (χ3v) is 8.50. The Morgan fingerprint density at radius 2 is 1.68 bits per heavy atom. The summed E-state index contributed by atoms with van der Waals surface area (Å²) < 4.78 is 27.3. The SMILES string of the molecule is CN(CCN1CCCC1)C(=O)C1CCN(S(=O)(=O)c2c(Cl)cccc2Cl)CC1. The van der Waals surface area contributed by atoms with Crippen molar-refractivity contribution in [1.29, 1.82) is 0 Å². The molecule has 2 saturated heterocycles. The molecule has 0 radical (unpaired) electrons. The molecule has 2 aliphatic heterocycles. The van der Waals surface area contributed by atoms with E-state index >= 15 is 0 Å². The fourth-order valence-corrected chi connectivity index (χ4v) is 6.48. The Morgan fingerprint density at radius 3 is 2.25 bits per heavy atom. The molecule has 0 saturated carbocycles. The molecule has 0 atom stereocenters. The van der Waals surface area contributed by atoms with Crippen molar-refractivity contribution in [2.75, 3.05) is 46.3 Å². The summed E-state index contributed by atoms with van der Waals surface area (Å²) in [5, 5.41) is 0.236. The normalized spacial score (nSPS) is 19.8. The first-order valence-electron chi connectivity index (χ1n) is 9.72. The molecule has 0 aromatic heterocycles. The molecule has 2 fully saturated rings. The molecule has 0 N–H and O–H groups in total. The van der Waals surface area contributed by atoms with Crippen LogP contribution in [-0.2, 0) is 14.8 Å². The fraction of sp³-hybridized carbons (Fsp3) is 0.632. The lowest BCUT2D eigenvalue weighted by atomic mass is 9.97. The van der Waals surface area contributed by atoms with E-state index < -0.39 is 10.0 Å². The number of piperidine rings is 1. The fourth-order valence-electron chi connectivity index (χ4n) is 3.92. The molecular formula is C19H27Cl2N3O3S. The molecule has 156 valence electrons. The van der Waals surface area contributed by atoms with E-state index in [9.17, 15) is 13.2 Å². The van der Waals surface area contributed by atoms with Crippen LogP contribution in [0.2, 0.25) is 10.0 Å². The van der Waals surface area contributed by atoms with Crippen LogP contribution in [0.3, 0.4) is 0 Å². The largest absolute Gasteiger partial charge is 0.344 e. The smallest absolute Gasteiger partial charge is 0.246 e. The molecule has 1 aromatic carbocycles. The molecule has 9 heteroatoms. The molecule has 2 aliphatic rings. The van der Waals surface area contributed by atoms with Crippen molar-refractivity contribution >= 4 is 39.1 Å². The van der Waals surface area contributed by atoms with Gasteiger partial charge in [0.05, 0.1) is 10.0 Å². The highest BCUT2D eigenvalue weighted by Crippen LogP contribution is 2.33. The maximum Gasteiger partial charge on any atom is 0.246 e. The minimum atomic E-state index is -3.78. The van der Waals surface area contributed by atoms with E-state index in [-0.39, 0.29) is 26.8 Å². The van der Waals surface area contributed by atoms with Crippen LogP contribution >= 0.6 is 23.2 Å². The average Bonchev–Trinajstić information content (AvgIpc) is 3.19. The van der Waals surface area contributed by atoms with Crippen LogP contribution in [0.15, 0.2) is 23.1 Å². The summed E-state index contributed by atoms with van der Waals surface area (Å²) in [7, 11) is -1.94. The highest BCUT2D eigenvalue weighted by atomic mass is 35.5. The van der Waals surface area contributed by atoms with Crippen LogP contribution in [0, 0.1) is 5.92 Å². The van der Waals surface area contributed by atoms with Gasteiger partial charge < -0.3 is 9.80 Å². The minimum Gasteiger partial charge on any atom is -0.344 e. The predicted octanol–water partition coefficient (Wildman–Crippen LogP) is 2.95. The summed E-state index contributed by atoms with van der Waals surface area (Å²) in [6, 6.07) is 4.66. The van der Waals surface area contributed by atoms with Crippen molar-refractivity contribution in [1.82, 2.24) is 14.1 Å². The van der Waals surface area contributed by atoms with Gasteiger partial charge in [0.25, 0.3) is 0 Å². The van der Waals surface area contributed by atoms with Gasteiger partial charge in [-0.3, -0.25) is 4.79 Å². The molecule has 1 amide bonds. The lowest BCUT2D eigenvalue weighted by Gasteiger charge is -2.33. The van der Waals surface area contributed by atoms with E-state index in [4.69, 9.17) is 23.2 Å². The van der Waals surface area contributed by atoms with Crippen molar-refractivity contribution in [3.05, 3.63) is 28.2 Å². The third-order valence-electron chi connectivity index (χ3n) is 5.65. The van der Waals surface area contributed by atoms with Gasteiger partial charge in [-0.2, -0.15) is 4.31 Å². The monoisotopic (exact) mass is 447 g/mol. The average molecular weight is 448 g/mol. The molecule has 1 aromatic rings. The number of nitrogens with zero attached hydrogens (tertiary/aromatic N) is 3. The lowest BCUT2D eigenvalue weighted by Crippen LogP contribution is -2.44. The lowest BCUT2D eigenvalue weighted by molar-refractivity contribution is -0.135. The first kappa shape index (κ1) is 21.8. The van der Waals surface area contributed by atoms with Crippen LogP contribution in [-0.4, -0.2) is 74.7 Å². The van der Waals surface area contributed by atoms with Gasteiger partial charge in [0.1, 0.15) is 4.90 Å². The number of hydrogen-bond acceptors (Lipinski definition) is 4. The first-order valence-corrected chi connectivity index (χ1v) is 11.9. The van der Waals surface area contributed by atoms with Crippen molar-refractivity contribution in [3.63, 3.8) is 0 Å². The predicted molar refractivity (Wildman–Crippen MR) is 111 cm³/mol. The molecule has 3 rings (SSSR count). The number of hydrogen-bond donors (Lipinski definition) is 0. The zero-order chi connectivity index (χ0) is 20.3. The molecule has 2 heterocycles.